The van der Waals surface area contributed by atoms with Gasteiger partial charge < -0.3 is 16.6 Å². The van der Waals surface area contributed by atoms with Gasteiger partial charge in [0, 0.05) is 6.42 Å². The molecule has 64 valence electrons. The number of carboxylic acid groups (broad SMARTS) is 1. The van der Waals surface area contributed by atoms with Gasteiger partial charge in [-0.2, -0.15) is 0 Å². The largest absolute Gasteiger partial charge is 0.481 e. The van der Waals surface area contributed by atoms with Gasteiger partial charge in [-0.05, 0) is 6.42 Å². The van der Waals surface area contributed by atoms with Crippen molar-refractivity contribution in [3.63, 3.8) is 0 Å². The number of hydrogen-bond acceptors (Lipinski definition) is 4. The second kappa shape index (κ2) is 4.81. The molecule has 0 aromatic rings. The average Bonchev–Trinajstić information content (AvgIpc) is 1.98. The first-order chi connectivity index (χ1) is 5.07. The van der Waals surface area contributed by atoms with Crippen LogP contribution in [0.2, 0.25) is 0 Å². The third kappa shape index (κ3) is 4.46. The molecule has 0 aliphatic carbocycles. The van der Waals surface area contributed by atoms with Gasteiger partial charge in [-0.25, -0.2) is 0 Å². The Balaban J connectivity index is 3.60. The molecule has 11 heavy (non-hydrogen) atoms. The molecule has 0 unspecified atom stereocenters. The van der Waals surface area contributed by atoms with Crippen molar-refractivity contribution >= 4 is 11.8 Å². The number of hydrogen-bond donors (Lipinski definition) is 3. The number of carboxylic acids is 1. The van der Waals surface area contributed by atoms with E-state index in [4.69, 9.17) is 16.6 Å². The maximum Gasteiger partial charge on any atom is 0.303 e. The van der Waals surface area contributed by atoms with Crippen LogP contribution >= 0.6 is 0 Å². The molecule has 0 radical (unpaired) electrons. The highest BCUT2D eigenvalue weighted by molar-refractivity contribution is 5.85. The van der Waals surface area contributed by atoms with E-state index in [1.54, 1.807) is 0 Å². The van der Waals surface area contributed by atoms with E-state index in [2.05, 4.69) is 0 Å². The van der Waals surface area contributed by atoms with Crippen LogP contribution in [0.25, 0.3) is 0 Å². The molecular formula is C6H12N2O3. The summed E-state index contributed by atoms with van der Waals surface area (Å²) < 4.78 is 0. The summed E-state index contributed by atoms with van der Waals surface area (Å²) in [5.41, 5.74) is 10.3. The Kier molecular flexibility index (Phi) is 4.40. The lowest BCUT2D eigenvalue weighted by atomic mass is 10.1. The summed E-state index contributed by atoms with van der Waals surface area (Å²) in [6.07, 6.45) is 0.0677. The number of ketones is 1. The zero-order valence-corrected chi connectivity index (χ0v) is 6.12. The van der Waals surface area contributed by atoms with Crippen molar-refractivity contribution in [3.05, 3.63) is 0 Å². The molecule has 0 saturated carbocycles. The molecule has 0 heterocycles. The molecule has 0 aliphatic rings. The fourth-order valence-electron chi connectivity index (χ4n) is 0.591. The number of aliphatic carboxylic acids is 1. The van der Waals surface area contributed by atoms with E-state index in [1.807, 2.05) is 0 Å². The SMILES string of the molecule is NCC(=O)[C@@H](N)CCC(=O)O. The first kappa shape index (κ1) is 10.1. The fourth-order valence-corrected chi connectivity index (χ4v) is 0.591. The van der Waals surface area contributed by atoms with E-state index >= 15 is 0 Å². The zero-order chi connectivity index (χ0) is 8.85. The normalized spacial score (nSPS) is 12.5. The third-order valence-corrected chi connectivity index (χ3v) is 1.28. The first-order valence-electron chi connectivity index (χ1n) is 3.28. The van der Waals surface area contributed by atoms with Gasteiger partial charge in [0.05, 0.1) is 12.6 Å². The van der Waals surface area contributed by atoms with Crippen LogP contribution < -0.4 is 11.5 Å². The lowest BCUT2D eigenvalue weighted by molar-refractivity contribution is -0.137. The summed E-state index contributed by atoms with van der Waals surface area (Å²) >= 11 is 0. The molecule has 5 heteroatoms. The van der Waals surface area contributed by atoms with Crippen molar-refractivity contribution in [1.29, 1.82) is 0 Å². The highest BCUT2D eigenvalue weighted by Crippen LogP contribution is 1.94. The van der Waals surface area contributed by atoms with E-state index in [1.165, 1.54) is 0 Å². The highest BCUT2D eigenvalue weighted by Gasteiger charge is 2.12. The van der Waals surface area contributed by atoms with Crippen LogP contribution in [0.1, 0.15) is 12.8 Å². The van der Waals surface area contributed by atoms with Gasteiger partial charge in [-0.15, -0.1) is 0 Å². The molecule has 1 atom stereocenters. The van der Waals surface area contributed by atoms with Gasteiger partial charge in [0.1, 0.15) is 0 Å². The van der Waals surface area contributed by atoms with Crippen LogP contribution in [0.4, 0.5) is 0 Å². The second-order valence-corrected chi connectivity index (χ2v) is 2.21. The molecule has 0 bridgehead atoms. The molecule has 0 aromatic heterocycles. The monoisotopic (exact) mass is 160 g/mol. The molecule has 0 spiro atoms. The Hall–Kier alpha value is -0.940. The number of nitrogens with two attached hydrogens (primary N) is 2. The Morgan fingerprint density at radius 2 is 2.00 bits per heavy atom. The number of carbonyl (C=O) groups excluding carboxylic acids is 1. The van der Waals surface area contributed by atoms with Crippen molar-refractivity contribution < 1.29 is 14.7 Å². The van der Waals surface area contributed by atoms with E-state index in [9.17, 15) is 9.59 Å². The minimum atomic E-state index is -0.953. The summed E-state index contributed by atoms with van der Waals surface area (Å²) in [6.45, 7) is -0.124. The molecular weight excluding hydrogens is 148 g/mol. The van der Waals surface area contributed by atoms with Gasteiger partial charge in [-0.3, -0.25) is 9.59 Å². The molecule has 5 nitrogen and oxygen atoms in total. The molecule has 0 fully saturated rings. The molecule has 5 N–H and O–H groups in total. The Bertz CT molecular complexity index is 158. The molecule has 0 rings (SSSR count). The number of carbonyl (C=O) groups is 2. The molecule has 0 aromatic carbocycles. The second-order valence-electron chi connectivity index (χ2n) is 2.21. The smallest absolute Gasteiger partial charge is 0.303 e. The lowest BCUT2D eigenvalue weighted by Crippen LogP contribution is -2.35. The molecule has 0 saturated heterocycles. The minimum Gasteiger partial charge on any atom is -0.481 e. The van der Waals surface area contributed by atoms with E-state index in [0.29, 0.717) is 0 Å². The quantitative estimate of drug-likeness (QED) is 0.463. The van der Waals surface area contributed by atoms with Gasteiger partial charge in [0.25, 0.3) is 0 Å². The van der Waals surface area contributed by atoms with E-state index in [0.717, 1.165) is 0 Å². The van der Waals surface area contributed by atoms with Crippen LogP contribution in [0, 0.1) is 0 Å². The Labute approximate surface area is 64.4 Å². The Morgan fingerprint density at radius 3 is 2.36 bits per heavy atom. The maximum absolute atomic E-state index is 10.7. The summed E-state index contributed by atoms with van der Waals surface area (Å²) in [6, 6.07) is -0.726. The van der Waals surface area contributed by atoms with E-state index < -0.39 is 12.0 Å². The zero-order valence-electron chi connectivity index (χ0n) is 6.12. The third-order valence-electron chi connectivity index (χ3n) is 1.28. The average molecular weight is 160 g/mol. The summed E-state index contributed by atoms with van der Waals surface area (Å²) in [7, 11) is 0. The highest BCUT2D eigenvalue weighted by atomic mass is 16.4. The van der Waals surface area contributed by atoms with Crippen LogP contribution in [0.5, 0.6) is 0 Å². The van der Waals surface area contributed by atoms with Gasteiger partial charge in [0.2, 0.25) is 0 Å². The summed E-state index contributed by atoms with van der Waals surface area (Å²) in [5.74, 6) is -1.25. The summed E-state index contributed by atoms with van der Waals surface area (Å²) in [5, 5.41) is 8.22. The predicted molar refractivity (Wildman–Crippen MR) is 38.9 cm³/mol. The number of rotatable bonds is 5. The van der Waals surface area contributed by atoms with Crippen molar-refractivity contribution in [2.75, 3.05) is 6.54 Å². The van der Waals surface area contributed by atoms with Crippen LogP contribution in [0.3, 0.4) is 0 Å². The topological polar surface area (TPSA) is 106 Å². The van der Waals surface area contributed by atoms with Crippen LogP contribution in [-0.2, 0) is 9.59 Å². The molecule has 0 amide bonds. The maximum atomic E-state index is 10.7. The molecule has 0 aliphatic heterocycles. The van der Waals surface area contributed by atoms with E-state index in [-0.39, 0.29) is 25.2 Å². The van der Waals surface area contributed by atoms with Crippen molar-refractivity contribution in [2.45, 2.75) is 18.9 Å². The first-order valence-corrected chi connectivity index (χ1v) is 3.28. The van der Waals surface area contributed by atoms with Crippen LogP contribution in [-0.4, -0.2) is 29.4 Å². The Morgan fingerprint density at radius 1 is 1.45 bits per heavy atom. The lowest BCUT2D eigenvalue weighted by Gasteiger charge is -2.05. The minimum absolute atomic E-state index is 0.0904. The fraction of sp³-hybridized carbons (Fsp3) is 0.667. The van der Waals surface area contributed by atoms with Crippen molar-refractivity contribution in [2.24, 2.45) is 11.5 Å². The van der Waals surface area contributed by atoms with Gasteiger partial charge in [0.15, 0.2) is 5.78 Å². The van der Waals surface area contributed by atoms with Gasteiger partial charge in [-0.1, -0.05) is 0 Å². The van der Waals surface area contributed by atoms with Crippen molar-refractivity contribution in [3.8, 4) is 0 Å². The standard InChI is InChI=1S/C6H12N2O3/c7-3-5(9)4(8)1-2-6(10)11/h4H,1-3,7-8H2,(H,10,11)/t4-/m0/s1. The van der Waals surface area contributed by atoms with Crippen LogP contribution in [0.15, 0.2) is 0 Å². The number of Topliss-reactive ketones (excluding diaryl/α,β-unsaturated/α-hetero) is 1. The summed E-state index contributed by atoms with van der Waals surface area (Å²) in [4.78, 5) is 20.7. The predicted octanol–water partition coefficient (Wildman–Crippen LogP) is -1.29. The van der Waals surface area contributed by atoms with Crippen molar-refractivity contribution in [1.82, 2.24) is 0 Å². The van der Waals surface area contributed by atoms with Gasteiger partial charge >= 0.3 is 5.97 Å².